The molecule has 1 aliphatic heterocycles. The monoisotopic (exact) mass is 482 g/mol. The van der Waals surface area contributed by atoms with Crippen molar-refractivity contribution in [3.63, 3.8) is 0 Å². The molecule has 3 aromatic rings. The molecule has 0 spiro atoms. The van der Waals surface area contributed by atoms with Crippen LogP contribution in [0, 0.1) is 12.8 Å². The van der Waals surface area contributed by atoms with Gasteiger partial charge in [-0.3, -0.25) is 4.79 Å². The Labute approximate surface area is 215 Å². The minimum atomic E-state index is -0.287. The van der Waals surface area contributed by atoms with Crippen molar-refractivity contribution in [1.29, 1.82) is 0 Å². The third-order valence-electron chi connectivity index (χ3n) is 6.82. The molecule has 36 heavy (non-hydrogen) atoms. The molecule has 2 atom stereocenters. The standard InChI is InChI=1S/C31H38N4O/c1-4-5-6-13-18-28(31(36)32-21-25-14-9-7-10-15-25)35-22-23(2)19-20-27-24(3)33-29(34-30(27)35)26-16-11-8-12-17-26/h7-12,14-17,19-20,23,28H,4-6,13,18,21-22H2,1-3H3,(H,32,36). The molecule has 1 aromatic heterocycles. The van der Waals surface area contributed by atoms with Gasteiger partial charge in [-0.15, -0.1) is 0 Å². The van der Waals surface area contributed by atoms with Crippen molar-refractivity contribution >= 4 is 17.8 Å². The number of aromatic nitrogens is 2. The smallest absolute Gasteiger partial charge is 0.243 e. The van der Waals surface area contributed by atoms with Crippen LogP contribution in [0.15, 0.2) is 66.7 Å². The summed E-state index contributed by atoms with van der Waals surface area (Å²) in [6, 6.07) is 19.9. The predicted octanol–water partition coefficient (Wildman–Crippen LogP) is 6.58. The molecule has 1 amide bonds. The number of rotatable bonds is 10. The first-order chi connectivity index (χ1) is 17.6. The molecule has 1 N–H and O–H groups in total. The first-order valence-corrected chi connectivity index (χ1v) is 13.3. The number of unbranched alkanes of at least 4 members (excludes halogenated alkanes) is 3. The number of benzene rings is 2. The lowest BCUT2D eigenvalue weighted by atomic mass is 10.0. The van der Waals surface area contributed by atoms with Gasteiger partial charge < -0.3 is 10.2 Å². The molecule has 2 heterocycles. The average Bonchev–Trinajstić information content (AvgIpc) is 3.07. The zero-order chi connectivity index (χ0) is 25.3. The Bertz CT molecular complexity index is 1160. The van der Waals surface area contributed by atoms with Crippen LogP contribution in [0.2, 0.25) is 0 Å². The lowest BCUT2D eigenvalue weighted by molar-refractivity contribution is -0.122. The molecular formula is C31H38N4O. The van der Waals surface area contributed by atoms with E-state index in [1.165, 1.54) is 12.8 Å². The summed E-state index contributed by atoms with van der Waals surface area (Å²) >= 11 is 0. The summed E-state index contributed by atoms with van der Waals surface area (Å²) in [4.78, 5) is 25.9. The van der Waals surface area contributed by atoms with E-state index >= 15 is 0 Å². The molecule has 2 unspecified atom stereocenters. The Morgan fingerprint density at radius 1 is 1.03 bits per heavy atom. The molecule has 0 saturated heterocycles. The van der Waals surface area contributed by atoms with E-state index in [4.69, 9.17) is 9.97 Å². The van der Waals surface area contributed by atoms with Gasteiger partial charge in [0.1, 0.15) is 11.9 Å². The molecule has 0 fully saturated rings. The average molecular weight is 483 g/mol. The maximum absolute atomic E-state index is 13.7. The van der Waals surface area contributed by atoms with Crippen LogP contribution in [-0.2, 0) is 11.3 Å². The van der Waals surface area contributed by atoms with Gasteiger partial charge in [0.25, 0.3) is 0 Å². The summed E-state index contributed by atoms with van der Waals surface area (Å²) in [5.74, 6) is 1.92. The number of aryl methyl sites for hydroxylation is 1. The van der Waals surface area contributed by atoms with E-state index in [0.29, 0.717) is 18.3 Å². The SMILES string of the molecule is CCCCCCC(C(=O)NCc1ccccc1)N1CC(C)C=Cc2c(C)nc(-c3ccccc3)nc21. The highest BCUT2D eigenvalue weighted by Crippen LogP contribution is 2.32. The number of carbonyl (C=O) groups is 1. The number of hydrogen-bond acceptors (Lipinski definition) is 4. The van der Waals surface area contributed by atoms with Crippen LogP contribution < -0.4 is 10.2 Å². The topological polar surface area (TPSA) is 58.1 Å². The number of anilines is 1. The Hall–Kier alpha value is -3.47. The molecule has 5 nitrogen and oxygen atoms in total. The summed E-state index contributed by atoms with van der Waals surface area (Å²) < 4.78 is 0. The van der Waals surface area contributed by atoms with E-state index in [2.05, 4.69) is 36.2 Å². The maximum atomic E-state index is 13.7. The number of carbonyl (C=O) groups excluding carboxylic acids is 1. The van der Waals surface area contributed by atoms with Crippen LogP contribution in [0.3, 0.4) is 0 Å². The highest BCUT2D eigenvalue weighted by molar-refractivity contribution is 5.86. The third kappa shape index (κ3) is 6.39. The second kappa shape index (κ2) is 12.5. The normalized spacial score (nSPS) is 15.8. The summed E-state index contributed by atoms with van der Waals surface area (Å²) in [5, 5.41) is 3.22. The van der Waals surface area contributed by atoms with E-state index in [1.54, 1.807) is 0 Å². The van der Waals surface area contributed by atoms with Crippen molar-refractivity contribution in [3.05, 3.63) is 83.6 Å². The first-order valence-electron chi connectivity index (χ1n) is 13.3. The van der Waals surface area contributed by atoms with Crippen molar-refractivity contribution < 1.29 is 4.79 Å². The van der Waals surface area contributed by atoms with E-state index < -0.39 is 0 Å². The summed E-state index contributed by atoms with van der Waals surface area (Å²) in [6.07, 6.45) is 9.66. The molecule has 0 bridgehead atoms. The van der Waals surface area contributed by atoms with E-state index in [1.807, 2.05) is 67.6 Å². The molecular weight excluding hydrogens is 444 g/mol. The zero-order valence-corrected chi connectivity index (χ0v) is 21.8. The minimum Gasteiger partial charge on any atom is -0.350 e. The zero-order valence-electron chi connectivity index (χ0n) is 21.8. The van der Waals surface area contributed by atoms with Crippen LogP contribution in [0.4, 0.5) is 5.82 Å². The first kappa shape index (κ1) is 25.6. The van der Waals surface area contributed by atoms with E-state index in [9.17, 15) is 4.79 Å². The van der Waals surface area contributed by atoms with Crippen molar-refractivity contribution in [2.24, 2.45) is 5.92 Å². The minimum absolute atomic E-state index is 0.0629. The maximum Gasteiger partial charge on any atom is 0.243 e. The largest absolute Gasteiger partial charge is 0.350 e. The Morgan fingerprint density at radius 2 is 1.75 bits per heavy atom. The van der Waals surface area contributed by atoms with Crippen LogP contribution in [0.25, 0.3) is 17.5 Å². The lowest BCUT2D eigenvalue weighted by Crippen LogP contribution is -2.49. The Balaban J connectivity index is 1.69. The van der Waals surface area contributed by atoms with E-state index in [-0.39, 0.29) is 11.9 Å². The number of nitrogens with one attached hydrogen (secondary N) is 1. The van der Waals surface area contributed by atoms with Crippen LogP contribution in [0.5, 0.6) is 0 Å². The Morgan fingerprint density at radius 3 is 2.47 bits per heavy atom. The van der Waals surface area contributed by atoms with Gasteiger partial charge in [0.05, 0.1) is 5.69 Å². The van der Waals surface area contributed by atoms with Crippen LogP contribution >= 0.6 is 0 Å². The Kier molecular flexibility index (Phi) is 8.88. The van der Waals surface area contributed by atoms with Gasteiger partial charge in [0.2, 0.25) is 5.91 Å². The van der Waals surface area contributed by atoms with Gasteiger partial charge in [-0.2, -0.15) is 0 Å². The second-order valence-electron chi connectivity index (χ2n) is 9.79. The molecule has 0 aliphatic carbocycles. The number of nitrogens with zero attached hydrogens (tertiary/aromatic N) is 3. The summed E-state index contributed by atoms with van der Waals surface area (Å²) in [6.45, 7) is 7.72. The summed E-state index contributed by atoms with van der Waals surface area (Å²) in [7, 11) is 0. The van der Waals surface area contributed by atoms with Gasteiger partial charge in [0, 0.05) is 24.2 Å². The van der Waals surface area contributed by atoms with Crippen molar-refractivity contribution in [2.75, 3.05) is 11.4 Å². The van der Waals surface area contributed by atoms with Gasteiger partial charge >= 0.3 is 0 Å². The van der Waals surface area contributed by atoms with Gasteiger partial charge in [-0.1, -0.05) is 112 Å². The quantitative estimate of drug-likeness (QED) is 0.332. The lowest BCUT2D eigenvalue weighted by Gasteiger charge is -2.34. The van der Waals surface area contributed by atoms with E-state index in [0.717, 1.165) is 54.0 Å². The number of fused-ring (bicyclic) bond motifs is 1. The third-order valence-corrected chi connectivity index (χ3v) is 6.82. The molecule has 2 aromatic carbocycles. The van der Waals surface area contributed by atoms with Crippen molar-refractivity contribution in [2.45, 2.75) is 65.5 Å². The molecule has 1 aliphatic rings. The highest BCUT2D eigenvalue weighted by Gasteiger charge is 2.31. The number of hydrogen-bond donors (Lipinski definition) is 1. The van der Waals surface area contributed by atoms with Gasteiger partial charge in [0.15, 0.2) is 5.82 Å². The van der Waals surface area contributed by atoms with Gasteiger partial charge in [-0.25, -0.2) is 9.97 Å². The molecule has 188 valence electrons. The fourth-order valence-electron chi connectivity index (χ4n) is 4.79. The molecule has 5 heteroatoms. The van der Waals surface area contributed by atoms with Gasteiger partial charge in [-0.05, 0) is 24.8 Å². The fourth-order valence-corrected chi connectivity index (χ4v) is 4.79. The fraction of sp³-hybridized carbons (Fsp3) is 0.387. The van der Waals surface area contributed by atoms with Crippen LogP contribution in [-0.4, -0.2) is 28.5 Å². The number of amides is 1. The molecule has 0 saturated carbocycles. The second-order valence-corrected chi connectivity index (χ2v) is 9.79. The van der Waals surface area contributed by atoms with Crippen LogP contribution in [0.1, 0.15) is 62.8 Å². The molecule has 4 rings (SSSR count). The predicted molar refractivity (Wildman–Crippen MR) is 149 cm³/mol. The summed E-state index contributed by atoms with van der Waals surface area (Å²) in [5.41, 5.74) is 4.03. The highest BCUT2D eigenvalue weighted by atomic mass is 16.2. The molecule has 0 radical (unpaired) electrons. The van der Waals surface area contributed by atoms with Crippen molar-refractivity contribution in [3.8, 4) is 11.4 Å². The van der Waals surface area contributed by atoms with Crippen molar-refractivity contribution in [1.82, 2.24) is 15.3 Å².